The van der Waals surface area contributed by atoms with Gasteiger partial charge in [-0.25, -0.2) is 4.79 Å². The number of carboxylic acids is 1. The molecule has 0 bridgehead atoms. The monoisotopic (exact) mass is 373 g/mol. The van der Waals surface area contributed by atoms with E-state index in [1.54, 1.807) is 6.08 Å². The Morgan fingerprint density at radius 3 is 2.54 bits per heavy atom. The molecule has 0 aliphatic heterocycles. The first-order chi connectivity index (χ1) is 12.5. The Morgan fingerprint density at radius 2 is 1.92 bits per heavy atom. The highest BCUT2D eigenvalue weighted by atomic mass is 35.5. The predicted molar refractivity (Wildman–Crippen MR) is 99.6 cm³/mol. The first kappa shape index (κ1) is 18.4. The number of aliphatic carboxylic acids is 1. The molecule has 2 unspecified atom stereocenters. The van der Waals surface area contributed by atoms with Crippen LogP contribution in [0.4, 0.5) is 0 Å². The number of alkyl halides is 1. The lowest BCUT2D eigenvalue weighted by Crippen LogP contribution is -2.55. The highest BCUT2D eigenvalue weighted by Crippen LogP contribution is 2.33. The molecule has 2 atom stereocenters. The summed E-state index contributed by atoms with van der Waals surface area (Å²) in [6, 6.07) is 9.76. The highest BCUT2D eigenvalue weighted by molar-refractivity contribution is 6.24. The Hall–Kier alpha value is -2.37. The number of allylic oxidation sites excluding steroid dienone is 2. The molecule has 5 nitrogen and oxygen atoms in total. The maximum absolute atomic E-state index is 12.7. The first-order valence-corrected chi connectivity index (χ1v) is 8.84. The molecule has 0 heterocycles. The van der Waals surface area contributed by atoms with Gasteiger partial charge in [0.15, 0.2) is 5.72 Å². The van der Waals surface area contributed by atoms with E-state index in [-0.39, 0.29) is 5.57 Å². The summed E-state index contributed by atoms with van der Waals surface area (Å²) in [4.78, 5) is 24.0. The maximum Gasteiger partial charge on any atom is 0.332 e. The van der Waals surface area contributed by atoms with Crippen LogP contribution in [0, 0.1) is 0 Å². The second kappa shape index (κ2) is 7.48. The normalized spacial score (nSPS) is 25.2. The molecule has 0 saturated carbocycles. The number of methoxy groups -OCH3 is 1. The Morgan fingerprint density at radius 1 is 1.23 bits per heavy atom. The summed E-state index contributed by atoms with van der Waals surface area (Å²) in [5.74, 6) is -1.50. The van der Waals surface area contributed by atoms with E-state index in [0.717, 1.165) is 11.1 Å². The van der Waals surface area contributed by atoms with Crippen molar-refractivity contribution < 1.29 is 19.4 Å². The fourth-order valence-corrected chi connectivity index (χ4v) is 3.64. The number of carboxylic acid groups (broad SMARTS) is 1. The summed E-state index contributed by atoms with van der Waals surface area (Å²) in [5, 5.41) is 11.4. The third-order valence-corrected chi connectivity index (χ3v) is 5.20. The molecule has 0 saturated heterocycles. The molecule has 0 aromatic heterocycles. The summed E-state index contributed by atoms with van der Waals surface area (Å²) in [7, 11) is 1.46. The lowest BCUT2D eigenvalue weighted by atomic mass is 9.94. The fourth-order valence-electron chi connectivity index (χ4n) is 3.29. The molecule has 2 aliphatic rings. The first-order valence-electron chi connectivity index (χ1n) is 8.40. The number of carbonyl (C=O) groups is 2. The Labute approximate surface area is 157 Å². The van der Waals surface area contributed by atoms with Crippen molar-refractivity contribution in [3.8, 4) is 0 Å². The average molecular weight is 374 g/mol. The van der Waals surface area contributed by atoms with Gasteiger partial charge in [0, 0.05) is 18.3 Å². The minimum absolute atomic E-state index is 0.167. The van der Waals surface area contributed by atoms with Gasteiger partial charge in [-0.05, 0) is 36.5 Å². The Balaban J connectivity index is 1.84. The number of ether oxygens (including phenoxy) is 1. The van der Waals surface area contributed by atoms with Gasteiger partial charge in [0.1, 0.15) is 5.38 Å². The quantitative estimate of drug-likeness (QED) is 0.613. The molecule has 3 rings (SSSR count). The van der Waals surface area contributed by atoms with Gasteiger partial charge in [0.2, 0.25) is 5.91 Å². The van der Waals surface area contributed by atoms with Gasteiger partial charge >= 0.3 is 5.97 Å². The van der Waals surface area contributed by atoms with Crippen LogP contribution >= 0.6 is 11.6 Å². The molecular weight excluding hydrogens is 354 g/mol. The van der Waals surface area contributed by atoms with Crippen molar-refractivity contribution in [3.63, 3.8) is 0 Å². The SMILES string of the molecule is COC1(NC(=O)C2=C(C(=O)O)CCC2)C=CC(c2ccccc2)=CC1Cl. The molecule has 1 aromatic carbocycles. The number of rotatable bonds is 5. The fraction of sp³-hybridized carbons (Fsp3) is 0.300. The van der Waals surface area contributed by atoms with E-state index in [1.807, 2.05) is 42.5 Å². The topological polar surface area (TPSA) is 75.6 Å². The predicted octanol–water partition coefficient (Wildman–Crippen LogP) is 3.27. The van der Waals surface area contributed by atoms with Crippen LogP contribution in [0.15, 0.2) is 59.7 Å². The Bertz CT molecular complexity index is 812. The summed E-state index contributed by atoms with van der Waals surface area (Å²) in [5.41, 5.74) is 1.18. The van der Waals surface area contributed by atoms with E-state index >= 15 is 0 Å². The van der Waals surface area contributed by atoms with Crippen molar-refractivity contribution in [2.24, 2.45) is 0 Å². The zero-order valence-corrected chi connectivity index (χ0v) is 15.1. The van der Waals surface area contributed by atoms with Crippen molar-refractivity contribution in [1.82, 2.24) is 5.32 Å². The minimum atomic E-state index is -1.23. The molecule has 136 valence electrons. The maximum atomic E-state index is 12.7. The minimum Gasteiger partial charge on any atom is -0.478 e. The smallest absolute Gasteiger partial charge is 0.332 e. The molecule has 2 N–H and O–H groups in total. The molecule has 0 radical (unpaired) electrons. The van der Waals surface area contributed by atoms with Gasteiger partial charge in [0.25, 0.3) is 0 Å². The lowest BCUT2D eigenvalue weighted by Gasteiger charge is -2.36. The number of hydrogen-bond donors (Lipinski definition) is 2. The van der Waals surface area contributed by atoms with Gasteiger partial charge < -0.3 is 15.2 Å². The van der Waals surface area contributed by atoms with E-state index < -0.39 is 23.0 Å². The second-order valence-corrected chi connectivity index (χ2v) is 6.76. The summed E-state index contributed by atoms with van der Waals surface area (Å²) in [6.45, 7) is 0. The third kappa shape index (κ3) is 3.45. The highest BCUT2D eigenvalue weighted by Gasteiger charge is 2.40. The largest absolute Gasteiger partial charge is 0.478 e. The van der Waals surface area contributed by atoms with Crippen LogP contribution in [-0.4, -0.2) is 35.2 Å². The van der Waals surface area contributed by atoms with E-state index in [4.69, 9.17) is 16.3 Å². The van der Waals surface area contributed by atoms with Crippen LogP contribution < -0.4 is 5.32 Å². The average Bonchev–Trinajstić information content (AvgIpc) is 3.14. The van der Waals surface area contributed by atoms with Crippen molar-refractivity contribution in [2.45, 2.75) is 30.4 Å². The van der Waals surface area contributed by atoms with E-state index in [1.165, 1.54) is 7.11 Å². The molecule has 0 fully saturated rings. The molecule has 26 heavy (non-hydrogen) atoms. The van der Waals surface area contributed by atoms with E-state index in [2.05, 4.69) is 5.32 Å². The van der Waals surface area contributed by atoms with Crippen LogP contribution in [0.5, 0.6) is 0 Å². The van der Waals surface area contributed by atoms with Gasteiger partial charge in [-0.15, -0.1) is 11.6 Å². The number of amides is 1. The van der Waals surface area contributed by atoms with Gasteiger partial charge in [-0.1, -0.05) is 42.5 Å². The van der Waals surface area contributed by atoms with E-state index in [0.29, 0.717) is 24.8 Å². The van der Waals surface area contributed by atoms with Crippen LogP contribution in [0.3, 0.4) is 0 Å². The van der Waals surface area contributed by atoms with Crippen molar-refractivity contribution in [1.29, 1.82) is 0 Å². The van der Waals surface area contributed by atoms with E-state index in [9.17, 15) is 14.7 Å². The van der Waals surface area contributed by atoms with Crippen LogP contribution in [0.25, 0.3) is 5.57 Å². The third-order valence-electron chi connectivity index (χ3n) is 4.75. The molecular formula is C20H20ClNO4. The Kier molecular flexibility index (Phi) is 5.30. The standard InChI is InChI=1S/C20H20ClNO4/c1-26-20(22-18(23)15-8-5-9-16(15)19(24)25)11-10-14(12-17(20)21)13-6-3-2-4-7-13/h2-4,6-7,10-12,17H,5,8-9H2,1H3,(H,22,23)(H,24,25). The van der Waals surface area contributed by atoms with Crippen molar-refractivity contribution in [3.05, 3.63) is 65.3 Å². The molecule has 1 aromatic rings. The van der Waals surface area contributed by atoms with Crippen LogP contribution in [0.2, 0.25) is 0 Å². The van der Waals surface area contributed by atoms with Gasteiger partial charge in [-0.3, -0.25) is 4.79 Å². The molecule has 0 spiro atoms. The van der Waals surface area contributed by atoms with Crippen LogP contribution in [-0.2, 0) is 14.3 Å². The summed E-state index contributed by atoms with van der Waals surface area (Å²) < 4.78 is 5.54. The van der Waals surface area contributed by atoms with Gasteiger partial charge in [-0.2, -0.15) is 0 Å². The second-order valence-electron chi connectivity index (χ2n) is 6.29. The number of carbonyl (C=O) groups excluding carboxylic acids is 1. The number of halogens is 1. The zero-order chi connectivity index (χ0) is 18.7. The zero-order valence-electron chi connectivity index (χ0n) is 14.4. The number of benzene rings is 1. The van der Waals surface area contributed by atoms with Crippen LogP contribution in [0.1, 0.15) is 24.8 Å². The number of nitrogens with one attached hydrogen (secondary N) is 1. The molecule has 6 heteroatoms. The summed E-state index contributed by atoms with van der Waals surface area (Å²) in [6.07, 6.45) is 6.87. The molecule has 2 aliphatic carbocycles. The lowest BCUT2D eigenvalue weighted by molar-refractivity contribution is -0.133. The van der Waals surface area contributed by atoms with Crippen molar-refractivity contribution >= 4 is 29.1 Å². The van der Waals surface area contributed by atoms with Crippen molar-refractivity contribution in [2.75, 3.05) is 7.11 Å². The summed E-state index contributed by atoms with van der Waals surface area (Å²) >= 11 is 6.53. The molecule has 1 amide bonds. The van der Waals surface area contributed by atoms with Gasteiger partial charge in [0.05, 0.1) is 0 Å². The number of hydrogen-bond acceptors (Lipinski definition) is 3.